The molecule has 6 heteroatoms. The van der Waals surface area contributed by atoms with E-state index in [0.717, 1.165) is 17.1 Å². The molecule has 0 aliphatic carbocycles. The van der Waals surface area contributed by atoms with Crippen molar-refractivity contribution < 1.29 is 9.90 Å². The van der Waals surface area contributed by atoms with Gasteiger partial charge in [0, 0.05) is 25.6 Å². The zero-order chi connectivity index (χ0) is 19.4. The van der Waals surface area contributed by atoms with Gasteiger partial charge in [-0.3, -0.25) is 4.79 Å². The number of anilines is 1. The first kappa shape index (κ1) is 19.3. The number of nitrogens with one attached hydrogen (secondary N) is 1. The number of nitrogens with zero attached hydrogens (tertiary/aromatic N) is 3. The Morgan fingerprint density at radius 2 is 1.93 bits per heavy atom. The third-order valence-electron chi connectivity index (χ3n) is 5.14. The molecule has 27 heavy (non-hydrogen) atoms. The smallest absolute Gasteiger partial charge is 0.224 e. The molecular formula is C21H28N4O2. The SMILES string of the molecule is Cc1ccc(N2C[C@@H](CO)[C@H](NC(=O)Cc3ccc(C(C)C)cc3)C2)nn1. The van der Waals surface area contributed by atoms with E-state index in [1.54, 1.807) is 0 Å². The second-order valence-corrected chi connectivity index (χ2v) is 7.63. The molecule has 1 fully saturated rings. The maximum Gasteiger partial charge on any atom is 0.224 e. The summed E-state index contributed by atoms with van der Waals surface area (Å²) in [6.07, 6.45) is 0.345. The first-order valence-electron chi connectivity index (χ1n) is 9.50. The quantitative estimate of drug-likeness (QED) is 0.816. The van der Waals surface area contributed by atoms with Crippen LogP contribution in [0.3, 0.4) is 0 Å². The van der Waals surface area contributed by atoms with Crippen molar-refractivity contribution in [2.24, 2.45) is 5.92 Å². The molecule has 0 radical (unpaired) electrons. The molecule has 0 saturated carbocycles. The number of aromatic nitrogens is 2. The molecule has 0 unspecified atom stereocenters. The summed E-state index contributed by atoms with van der Waals surface area (Å²) in [4.78, 5) is 14.6. The topological polar surface area (TPSA) is 78.4 Å². The summed E-state index contributed by atoms with van der Waals surface area (Å²) in [5.41, 5.74) is 3.13. The minimum absolute atomic E-state index is 0.0135. The number of hydrogen-bond acceptors (Lipinski definition) is 5. The first-order valence-corrected chi connectivity index (χ1v) is 9.50. The predicted molar refractivity (Wildman–Crippen MR) is 106 cm³/mol. The van der Waals surface area contributed by atoms with Crippen molar-refractivity contribution in [2.45, 2.75) is 39.2 Å². The van der Waals surface area contributed by atoms with Gasteiger partial charge in [-0.1, -0.05) is 38.1 Å². The molecule has 2 N–H and O–H groups in total. The highest BCUT2D eigenvalue weighted by Crippen LogP contribution is 2.22. The van der Waals surface area contributed by atoms with Gasteiger partial charge in [0.15, 0.2) is 5.82 Å². The van der Waals surface area contributed by atoms with E-state index in [1.807, 2.05) is 31.2 Å². The fraction of sp³-hybridized carbons (Fsp3) is 0.476. The number of rotatable bonds is 6. The van der Waals surface area contributed by atoms with Crippen molar-refractivity contribution in [3.05, 3.63) is 53.2 Å². The van der Waals surface area contributed by atoms with Crippen LogP contribution in [0.15, 0.2) is 36.4 Å². The molecule has 1 saturated heterocycles. The number of benzene rings is 1. The van der Waals surface area contributed by atoms with Gasteiger partial charge in [-0.05, 0) is 36.1 Å². The van der Waals surface area contributed by atoms with Crippen LogP contribution in [0.25, 0.3) is 0 Å². The molecule has 1 aromatic carbocycles. The molecule has 1 aliphatic rings. The molecule has 1 aliphatic heterocycles. The van der Waals surface area contributed by atoms with Crippen molar-refractivity contribution in [1.29, 1.82) is 0 Å². The molecule has 1 aromatic heterocycles. The van der Waals surface area contributed by atoms with Crippen LogP contribution in [0.4, 0.5) is 5.82 Å². The van der Waals surface area contributed by atoms with Crippen molar-refractivity contribution in [3.63, 3.8) is 0 Å². The van der Waals surface area contributed by atoms with E-state index in [4.69, 9.17) is 0 Å². The van der Waals surface area contributed by atoms with Crippen LogP contribution in [0.5, 0.6) is 0 Å². The van der Waals surface area contributed by atoms with Crippen LogP contribution in [-0.4, -0.2) is 46.9 Å². The second kappa shape index (κ2) is 8.48. The van der Waals surface area contributed by atoms with Crippen LogP contribution in [0, 0.1) is 12.8 Å². The standard InChI is InChI=1S/C21H28N4O2/c1-14(2)17-7-5-16(6-8-17)10-21(27)22-19-12-25(11-18(19)13-26)20-9-4-15(3)23-24-20/h4-9,14,18-19,26H,10-13H2,1-3H3,(H,22,27)/t18-,19+/m0/s1. The van der Waals surface area contributed by atoms with E-state index >= 15 is 0 Å². The average molecular weight is 368 g/mol. The summed E-state index contributed by atoms with van der Waals surface area (Å²) < 4.78 is 0. The molecule has 2 aromatic rings. The molecule has 0 spiro atoms. The summed E-state index contributed by atoms with van der Waals surface area (Å²) >= 11 is 0. The van der Waals surface area contributed by atoms with Crippen LogP contribution < -0.4 is 10.2 Å². The van der Waals surface area contributed by atoms with Crippen molar-refractivity contribution >= 4 is 11.7 Å². The van der Waals surface area contributed by atoms with Gasteiger partial charge in [-0.25, -0.2) is 0 Å². The van der Waals surface area contributed by atoms with Crippen molar-refractivity contribution in [1.82, 2.24) is 15.5 Å². The molecule has 2 atom stereocenters. The number of aryl methyl sites for hydroxylation is 1. The number of carbonyl (C=O) groups excluding carboxylic acids is 1. The third kappa shape index (κ3) is 4.83. The van der Waals surface area contributed by atoms with Crippen molar-refractivity contribution in [2.75, 3.05) is 24.6 Å². The van der Waals surface area contributed by atoms with Gasteiger partial charge in [0.2, 0.25) is 5.91 Å². The Morgan fingerprint density at radius 3 is 2.52 bits per heavy atom. The van der Waals surface area contributed by atoms with Crippen LogP contribution in [0.2, 0.25) is 0 Å². The maximum atomic E-state index is 12.5. The molecule has 1 amide bonds. The molecule has 144 valence electrons. The lowest BCUT2D eigenvalue weighted by Gasteiger charge is -2.18. The van der Waals surface area contributed by atoms with Gasteiger partial charge in [0.25, 0.3) is 0 Å². The summed E-state index contributed by atoms with van der Waals surface area (Å²) in [6.45, 7) is 7.52. The number of amides is 1. The van der Waals surface area contributed by atoms with E-state index in [0.29, 0.717) is 25.4 Å². The lowest BCUT2D eigenvalue weighted by molar-refractivity contribution is -0.121. The molecule has 0 bridgehead atoms. The van der Waals surface area contributed by atoms with Gasteiger partial charge in [-0.2, -0.15) is 5.10 Å². The van der Waals surface area contributed by atoms with Gasteiger partial charge in [-0.15, -0.1) is 5.10 Å². The summed E-state index contributed by atoms with van der Waals surface area (Å²) in [7, 11) is 0. The van der Waals surface area contributed by atoms with Gasteiger partial charge < -0.3 is 15.3 Å². The van der Waals surface area contributed by atoms with Gasteiger partial charge in [0.05, 0.1) is 18.2 Å². The Kier molecular flexibility index (Phi) is 6.06. The monoisotopic (exact) mass is 368 g/mol. The lowest BCUT2D eigenvalue weighted by Crippen LogP contribution is -2.42. The highest BCUT2D eigenvalue weighted by atomic mass is 16.3. The van der Waals surface area contributed by atoms with Crippen LogP contribution in [-0.2, 0) is 11.2 Å². The number of carbonyl (C=O) groups is 1. The summed E-state index contributed by atoms with van der Waals surface area (Å²) in [5, 5.41) is 21.1. The van der Waals surface area contributed by atoms with E-state index in [1.165, 1.54) is 5.56 Å². The van der Waals surface area contributed by atoms with E-state index in [2.05, 4.69) is 46.4 Å². The third-order valence-corrected chi connectivity index (χ3v) is 5.14. The molecule has 3 rings (SSSR count). The minimum atomic E-state index is -0.0967. The first-order chi connectivity index (χ1) is 13.0. The minimum Gasteiger partial charge on any atom is -0.396 e. The average Bonchev–Trinajstić information content (AvgIpc) is 3.05. The largest absolute Gasteiger partial charge is 0.396 e. The Balaban J connectivity index is 1.59. The number of aliphatic hydroxyl groups excluding tert-OH is 1. The maximum absolute atomic E-state index is 12.5. The fourth-order valence-electron chi connectivity index (χ4n) is 3.43. The fourth-order valence-corrected chi connectivity index (χ4v) is 3.43. The molecular weight excluding hydrogens is 340 g/mol. The Labute approximate surface area is 160 Å². The Bertz CT molecular complexity index is 759. The zero-order valence-electron chi connectivity index (χ0n) is 16.2. The highest BCUT2D eigenvalue weighted by molar-refractivity contribution is 5.79. The van der Waals surface area contributed by atoms with E-state index in [-0.39, 0.29) is 24.5 Å². The predicted octanol–water partition coefficient (Wildman–Crippen LogP) is 2.06. The second-order valence-electron chi connectivity index (χ2n) is 7.63. The zero-order valence-corrected chi connectivity index (χ0v) is 16.2. The summed E-state index contributed by atoms with van der Waals surface area (Å²) in [6, 6.07) is 11.9. The van der Waals surface area contributed by atoms with E-state index < -0.39 is 0 Å². The summed E-state index contributed by atoms with van der Waals surface area (Å²) in [5.74, 6) is 1.22. The Morgan fingerprint density at radius 1 is 1.19 bits per heavy atom. The highest BCUT2D eigenvalue weighted by Gasteiger charge is 2.34. The van der Waals surface area contributed by atoms with Crippen LogP contribution in [0.1, 0.15) is 36.6 Å². The van der Waals surface area contributed by atoms with E-state index in [9.17, 15) is 9.90 Å². The number of aliphatic hydroxyl groups is 1. The molecule has 2 heterocycles. The number of hydrogen-bond donors (Lipinski definition) is 2. The Hall–Kier alpha value is -2.47. The normalized spacial score (nSPS) is 19.5. The van der Waals surface area contributed by atoms with Gasteiger partial charge >= 0.3 is 0 Å². The van der Waals surface area contributed by atoms with Gasteiger partial charge in [0.1, 0.15) is 0 Å². The molecule has 6 nitrogen and oxygen atoms in total. The van der Waals surface area contributed by atoms with Crippen molar-refractivity contribution in [3.8, 4) is 0 Å². The lowest BCUT2D eigenvalue weighted by atomic mass is 10.0. The van der Waals surface area contributed by atoms with Crippen LogP contribution >= 0.6 is 0 Å².